The monoisotopic (exact) mass is 182 g/mol. The number of rotatable bonds is 1. The molecule has 0 aromatic heterocycles. The fourth-order valence-corrected chi connectivity index (χ4v) is 3.83. The zero-order valence-corrected chi connectivity index (χ0v) is 9.30. The Balaban J connectivity index is 2.27. The summed E-state index contributed by atoms with van der Waals surface area (Å²) in [5.41, 5.74) is 0.0372. The Kier molecular flexibility index (Phi) is 1.83. The summed E-state index contributed by atoms with van der Waals surface area (Å²) < 4.78 is 0. The van der Waals surface area contributed by atoms with Crippen molar-refractivity contribution in [1.29, 1.82) is 0 Å². The molecular weight excluding hydrogens is 160 g/mol. The molecule has 0 aromatic rings. The molecule has 0 amide bonds. The first kappa shape index (κ1) is 9.51. The van der Waals surface area contributed by atoms with Crippen molar-refractivity contribution in [2.75, 3.05) is 0 Å². The first-order valence-electron chi connectivity index (χ1n) is 5.65. The maximum atomic E-state index is 10.6. The van der Waals surface area contributed by atoms with Crippen LogP contribution in [0.1, 0.15) is 47.0 Å². The van der Waals surface area contributed by atoms with E-state index in [1.165, 1.54) is 12.8 Å². The Hall–Kier alpha value is -0.0400. The second kappa shape index (κ2) is 2.50. The highest BCUT2D eigenvalue weighted by Gasteiger charge is 2.62. The van der Waals surface area contributed by atoms with Crippen LogP contribution in [0.2, 0.25) is 0 Å². The topological polar surface area (TPSA) is 20.2 Å². The molecule has 3 rings (SSSR count). The van der Waals surface area contributed by atoms with Gasteiger partial charge in [-0.2, -0.15) is 0 Å². The summed E-state index contributed by atoms with van der Waals surface area (Å²) in [6.07, 6.45) is 3.42. The zero-order chi connectivity index (χ0) is 9.85. The molecule has 13 heavy (non-hydrogen) atoms. The molecule has 1 heteroatoms. The fourth-order valence-electron chi connectivity index (χ4n) is 3.83. The SMILES string of the molecule is CC[C@]1(O)C(C)CC2CC1C2(C)C. The minimum Gasteiger partial charge on any atom is -0.389 e. The quantitative estimate of drug-likeness (QED) is 0.661. The van der Waals surface area contributed by atoms with Crippen LogP contribution in [-0.2, 0) is 0 Å². The maximum Gasteiger partial charge on any atom is 0.0703 e. The molecule has 0 radical (unpaired) electrons. The fraction of sp³-hybridized carbons (Fsp3) is 1.00. The molecule has 1 N–H and O–H groups in total. The molecule has 3 aliphatic carbocycles. The van der Waals surface area contributed by atoms with Gasteiger partial charge < -0.3 is 5.11 Å². The van der Waals surface area contributed by atoms with Crippen LogP contribution in [0.4, 0.5) is 0 Å². The molecule has 1 nitrogen and oxygen atoms in total. The standard InChI is InChI=1S/C12H22O/c1-5-12(13)8(2)6-9-7-10(12)11(9,3)4/h8-10,13H,5-7H2,1-4H3/t8?,9?,10?,12-/m0/s1. The van der Waals surface area contributed by atoms with Crippen molar-refractivity contribution in [2.45, 2.75) is 52.6 Å². The predicted molar refractivity (Wildman–Crippen MR) is 54.4 cm³/mol. The second-order valence-corrected chi connectivity index (χ2v) is 5.79. The first-order valence-corrected chi connectivity index (χ1v) is 5.65. The molecule has 0 saturated heterocycles. The van der Waals surface area contributed by atoms with Crippen molar-refractivity contribution < 1.29 is 5.11 Å². The van der Waals surface area contributed by atoms with Crippen molar-refractivity contribution in [1.82, 2.24) is 0 Å². The van der Waals surface area contributed by atoms with E-state index in [2.05, 4.69) is 27.7 Å². The lowest BCUT2D eigenvalue weighted by Gasteiger charge is -2.65. The van der Waals surface area contributed by atoms with Crippen LogP contribution in [0.5, 0.6) is 0 Å². The Morgan fingerprint density at radius 3 is 2.31 bits per heavy atom. The first-order chi connectivity index (χ1) is 5.93. The molecule has 0 aliphatic heterocycles. The van der Waals surface area contributed by atoms with Gasteiger partial charge >= 0.3 is 0 Å². The summed E-state index contributed by atoms with van der Waals surface area (Å²) in [6, 6.07) is 0. The minimum atomic E-state index is -0.363. The molecule has 0 spiro atoms. The van der Waals surface area contributed by atoms with Gasteiger partial charge in [-0.15, -0.1) is 0 Å². The Labute approximate surface area is 81.5 Å². The number of fused-ring (bicyclic) bond motifs is 2. The van der Waals surface area contributed by atoms with Crippen molar-refractivity contribution in [3.63, 3.8) is 0 Å². The van der Waals surface area contributed by atoms with E-state index < -0.39 is 0 Å². The van der Waals surface area contributed by atoms with Gasteiger partial charge in [0, 0.05) is 0 Å². The summed E-state index contributed by atoms with van der Waals surface area (Å²) in [7, 11) is 0. The van der Waals surface area contributed by atoms with Gasteiger partial charge in [-0.05, 0) is 42.4 Å². The molecular formula is C12H22O. The van der Waals surface area contributed by atoms with Crippen molar-refractivity contribution in [3.8, 4) is 0 Å². The number of hydrogen-bond acceptors (Lipinski definition) is 1. The molecule has 0 heterocycles. The van der Waals surface area contributed by atoms with Crippen molar-refractivity contribution >= 4 is 0 Å². The van der Waals surface area contributed by atoms with E-state index in [-0.39, 0.29) is 5.60 Å². The lowest BCUT2D eigenvalue weighted by atomic mass is 9.41. The highest BCUT2D eigenvalue weighted by molar-refractivity contribution is 5.12. The van der Waals surface area contributed by atoms with Gasteiger partial charge in [-0.3, -0.25) is 0 Å². The Bertz CT molecular complexity index is 221. The van der Waals surface area contributed by atoms with E-state index in [0.29, 0.717) is 17.3 Å². The molecule has 76 valence electrons. The third-order valence-corrected chi connectivity index (χ3v) is 5.13. The van der Waals surface area contributed by atoms with Crippen molar-refractivity contribution in [3.05, 3.63) is 0 Å². The van der Waals surface area contributed by atoms with Crippen LogP contribution in [0.3, 0.4) is 0 Å². The molecule has 4 atom stereocenters. The smallest absolute Gasteiger partial charge is 0.0703 e. The lowest BCUT2D eigenvalue weighted by Crippen LogP contribution is -2.64. The Morgan fingerprint density at radius 2 is 1.92 bits per heavy atom. The van der Waals surface area contributed by atoms with Gasteiger partial charge in [0.2, 0.25) is 0 Å². The predicted octanol–water partition coefficient (Wildman–Crippen LogP) is 2.83. The summed E-state index contributed by atoms with van der Waals surface area (Å²) in [4.78, 5) is 0. The number of aliphatic hydroxyl groups is 1. The highest BCUT2D eigenvalue weighted by atomic mass is 16.3. The van der Waals surface area contributed by atoms with Gasteiger partial charge in [0.25, 0.3) is 0 Å². The molecule has 3 saturated carbocycles. The van der Waals surface area contributed by atoms with Crippen LogP contribution in [0, 0.1) is 23.2 Å². The third kappa shape index (κ3) is 0.971. The van der Waals surface area contributed by atoms with Crippen LogP contribution in [-0.4, -0.2) is 10.7 Å². The summed E-state index contributed by atoms with van der Waals surface area (Å²) in [5.74, 6) is 1.94. The molecule has 3 aliphatic rings. The van der Waals surface area contributed by atoms with Gasteiger partial charge in [0.1, 0.15) is 0 Å². The van der Waals surface area contributed by atoms with Gasteiger partial charge in [-0.25, -0.2) is 0 Å². The lowest BCUT2D eigenvalue weighted by molar-refractivity contribution is -0.230. The van der Waals surface area contributed by atoms with E-state index in [9.17, 15) is 5.11 Å². The van der Waals surface area contributed by atoms with Gasteiger partial charge in [-0.1, -0.05) is 27.7 Å². The third-order valence-electron chi connectivity index (χ3n) is 5.13. The van der Waals surface area contributed by atoms with Crippen LogP contribution in [0.25, 0.3) is 0 Å². The normalized spacial score (nSPS) is 52.8. The molecule has 3 fully saturated rings. The molecule has 3 unspecified atom stereocenters. The van der Waals surface area contributed by atoms with E-state index in [1.54, 1.807) is 0 Å². The van der Waals surface area contributed by atoms with Crippen molar-refractivity contribution in [2.24, 2.45) is 23.2 Å². The highest BCUT2D eigenvalue weighted by Crippen LogP contribution is 2.65. The Morgan fingerprint density at radius 1 is 1.31 bits per heavy atom. The van der Waals surface area contributed by atoms with E-state index >= 15 is 0 Å². The van der Waals surface area contributed by atoms with Gasteiger partial charge in [0.05, 0.1) is 5.60 Å². The van der Waals surface area contributed by atoms with E-state index in [1.807, 2.05) is 0 Å². The summed E-state index contributed by atoms with van der Waals surface area (Å²) in [5, 5.41) is 10.6. The second-order valence-electron chi connectivity index (χ2n) is 5.79. The average molecular weight is 182 g/mol. The molecule has 0 aromatic carbocycles. The van der Waals surface area contributed by atoms with E-state index in [0.717, 1.165) is 12.3 Å². The maximum absolute atomic E-state index is 10.6. The number of hydrogen-bond donors (Lipinski definition) is 1. The van der Waals surface area contributed by atoms with Crippen LogP contribution >= 0.6 is 0 Å². The zero-order valence-electron chi connectivity index (χ0n) is 9.30. The van der Waals surface area contributed by atoms with Gasteiger partial charge in [0.15, 0.2) is 0 Å². The average Bonchev–Trinajstić information content (AvgIpc) is 2.08. The summed E-state index contributed by atoms with van der Waals surface area (Å²) >= 11 is 0. The largest absolute Gasteiger partial charge is 0.389 e. The molecule has 2 bridgehead atoms. The minimum absolute atomic E-state index is 0.363. The van der Waals surface area contributed by atoms with Crippen LogP contribution in [0.15, 0.2) is 0 Å². The van der Waals surface area contributed by atoms with E-state index in [4.69, 9.17) is 0 Å². The van der Waals surface area contributed by atoms with Crippen LogP contribution < -0.4 is 0 Å². The summed E-state index contributed by atoms with van der Waals surface area (Å²) in [6.45, 7) is 9.01.